The molecule has 5 rings (SSSR count). The van der Waals surface area contributed by atoms with Crippen molar-refractivity contribution in [2.24, 2.45) is 5.92 Å². The van der Waals surface area contributed by atoms with Crippen molar-refractivity contribution in [3.05, 3.63) is 95.3 Å². The van der Waals surface area contributed by atoms with E-state index in [2.05, 4.69) is 15.0 Å². The molecule has 0 bridgehead atoms. The van der Waals surface area contributed by atoms with E-state index in [-0.39, 0.29) is 28.3 Å². The third-order valence-corrected chi connectivity index (χ3v) is 7.95. The maximum atomic E-state index is 12.9. The first-order valence-corrected chi connectivity index (χ1v) is 12.6. The van der Waals surface area contributed by atoms with Crippen LogP contribution in [0.5, 0.6) is 0 Å². The van der Waals surface area contributed by atoms with E-state index in [0.29, 0.717) is 17.1 Å². The second-order valence-corrected chi connectivity index (χ2v) is 10.7. The van der Waals surface area contributed by atoms with E-state index in [1.165, 1.54) is 18.6 Å². The minimum atomic E-state index is -3.51. The zero-order valence-electron chi connectivity index (χ0n) is 17.6. The van der Waals surface area contributed by atoms with Gasteiger partial charge in [-0.15, -0.1) is 0 Å². The van der Waals surface area contributed by atoms with Crippen molar-refractivity contribution < 1.29 is 13.2 Å². The number of carbonyl (C=O) groups is 1. The number of hydrogen-bond acceptors (Lipinski definition) is 6. The Labute approximate surface area is 196 Å². The topological polar surface area (TPSA) is 89.9 Å². The monoisotopic (exact) mass is 477 g/mol. The summed E-state index contributed by atoms with van der Waals surface area (Å²) in [5.41, 5.74) is 2.32. The summed E-state index contributed by atoms with van der Waals surface area (Å²) < 4.78 is 25.3. The molecule has 0 radical (unpaired) electrons. The van der Waals surface area contributed by atoms with Gasteiger partial charge in [0.05, 0.1) is 21.4 Å². The van der Waals surface area contributed by atoms with Crippen molar-refractivity contribution in [3.63, 3.8) is 0 Å². The fraction of sp³-hybridized carbons (Fsp3) is 0.200. The highest BCUT2D eigenvalue weighted by atomic mass is 35.5. The average molecular weight is 478 g/mol. The molecule has 1 fully saturated rings. The van der Waals surface area contributed by atoms with Crippen LogP contribution in [0.15, 0.2) is 78.3 Å². The standard InChI is InChI=1S/C25H20ClN3O3S/c26-24-14-28-12-18-2-1-16(9-22(18)24)10-25(30)23-11-21(23)17-3-5-20(6-4-17)33(31,32)15-19-13-27-7-8-29-19/h1-9,12-14,21,23H,10-11,15H2/t21?,23-/m1/s1. The number of sulfone groups is 1. The second-order valence-electron chi connectivity index (χ2n) is 8.29. The molecular formula is C25H20ClN3O3S. The summed E-state index contributed by atoms with van der Waals surface area (Å²) in [7, 11) is -3.51. The summed E-state index contributed by atoms with van der Waals surface area (Å²) in [5, 5.41) is 2.40. The zero-order chi connectivity index (χ0) is 23.0. The highest BCUT2D eigenvalue weighted by Gasteiger charge is 2.43. The minimum Gasteiger partial charge on any atom is -0.299 e. The van der Waals surface area contributed by atoms with Crippen LogP contribution in [0.3, 0.4) is 0 Å². The minimum absolute atomic E-state index is 0.0457. The number of Topliss-reactive ketones (excluding diaryl/α,β-unsaturated/α-hetero) is 1. The Balaban J connectivity index is 1.25. The number of halogens is 1. The molecule has 0 amide bonds. The number of fused-ring (bicyclic) bond motifs is 1. The van der Waals surface area contributed by atoms with Crippen LogP contribution in [0.25, 0.3) is 10.8 Å². The van der Waals surface area contributed by atoms with Crippen LogP contribution >= 0.6 is 11.6 Å². The maximum absolute atomic E-state index is 12.9. The van der Waals surface area contributed by atoms with E-state index in [0.717, 1.165) is 28.3 Å². The number of aromatic nitrogens is 3. The molecule has 0 saturated heterocycles. The van der Waals surface area contributed by atoms with E-state index in [1.807, 2.05) is 30.3 Å². The molecule has 1 aliphatic carbocycles. The molecule has 1 aliphatic rings. The molecule has 0 N–H and O–H groups in total. The summed E-state index contributed by atoms with van der Waals surface area (Å²) >= 11 is 6.24. The number of hydrogen-bond donors (Lipinski definition) is 0. The number of carbonyl (C=O) groups excluding carboxylic acids is 1. The zero-order valence-corrected chi connectivity index (χ0v) is 19.1. The molecule has 166 valence electrons. The Hall–Kier alpha value is -3.16. The average Bonchev–Trinajstić information content (AvgIpc) is 3.61. The van der Waals surface area contributed by atoms with Gasteiger partial charge in [-0.25, -0.2) is 8.42 Å². The first-order chi connectivity index (χ1) is 15.9. The van der Waals surface area contributed by atoms with Crippen LogP contribution in [-0.4, -0.2) is 29.2 Å². The van der Waals surface area contributed by atoms with Gasteiger partial charge in [-0.2, -0.15) is 0 Å². The summed E-state index contributed by atoms with van der Waals surface area (Å²) in [6, 6.07) is 12.7. The molecule has 4 aromatic rings. The smallest absolute Gasteiger partial charge is 0.184 e. The van der Waals surface area contributed by atoms with Crippen molar-refractivity contribution in [2.75, 3.05) is 0 Å². The fourth-order valence-corrected chi connectivity index (χ4v) is 5.62. The maximum Gasteiger partial charge on any atom is 0.184 e. The molecule has 33 heavy (non-hydrogen) atoms. The Morgan fingerprint density at radius 1 is 1.00 bits per heavy atom. The summed E-state index contributed by atoms with van der Waals surface area (Å²) in [6.45, 7) is 0. The Morgan fingerprint density at radius 3 is 2.58 bits per heavy atom. The van der Waals surface area contributed by atoms with Crippen molar-refractivity contribution >= 4 is 38.0 Å². The first kappa shape index (κ1) is 21.7. The van der Waals surface area contributed by atoms with Gasteiger partial charge in [0.15, 0.2) is 9.84 Å². The van der Waals surface area contributed by atoms with E-state index in [9.17, 15) is 13.2 Å². The van der Waals surface area contributed by atoms with Crippen LogP contribution in [0.4, 0.5) is 0 Å². The molecule has 8 heteroatoms. The number of rotatable bonds is 7. The first-order valence-electron chi connectivity index (χ1n) is 10.5. The lowest BCUT2D eigenvalue weighted by molar-refractivity contribution is -0.119. The SMILES string of the molecule is O=C(Cc1ccc2cncc(Cl)c2c1)[C@@H]1CC1c1ccc(S(=O)(=O)Cc2cnccn2)cc1. The molecule has 1 unspecified atom stereocenters. The molecule has 2 aromatic carbocycles. The van der Waals surface area contributed by atoms with Crippen molar-refractivity contribution in [1.29, 1.82) is 0 Å². The lowest BCUT2D eigenvalue weighted by Crippen LogP contribution is -2.07. The third kappa shape index (κ3) is 4.65. The van der Waals surface area contributed by atoms with Crippen LogP contribution in [0.2, 0.25) is 5.02 Å². The highest BCUT2D eigenvalue weighted by Crippen LogP contribution is 2.48. The molecule has 0 aliphatic heterocycles. The van der Waals surface area contributed by atoms with Crippen molar-refractivity contribution in [1.82, 2.24) is 15.0 Å². The lowest BCUT2D eigenvalue weighted by atomic mass is 10.0. The number of nitrogens with zero attached hydrogens (tertiary/aromatic N) is 3. The van der Waals surface area contributed by atoms with Crippen LogP contribution < -0.4 is 0 Å². The second kappa shape index (κ2) is 8.65. The molecule has 1 saturated carbocycles. The largest absolute Gasteiger partial charge is 0.299 e. The van der Waals surface area contributed by atoms with Gasteiger partial charge in [-0.3, -0.25) is 19.7 Å². The number of benzene rings is 2. The van der Waals surface area contributed by atoms with Crippen molar-refractivity contribution in [2.45, 2.75) is 29.4 Å². The molecular weight excluding hydrogens is 458 g/mol. The Kier molecular flexibility index (Phi) is 5.68. The van der Waals surface area contributed by atoms with E-state index in [1.54, 1.807) is 24.5 Å². The predicted molar refractivity (Wildman–Crippen MR) is 126 cm³/mol. The highest BCUT2D eigenvalue weighted by molar-refractivity contribution is 7.90. The normalized spacial score (nSPS) is 17.7. The molecule has 2 atom stereocenters. The van der Waals surface area contributed by atoms with Gasteiger partial charge in [0.25, 0.3) is 0 Å². The summed E-state index contributed by atoms with van der Waals surface area (Å²) in [4.78, 5) is 25.1. The van der Waals surface area contributed by atoms with E-state index >= 15 is 0 Å². The van der Waals surface area contributed by atoms with Gasteiger partial charge in [0, 0.05) is 54.1 Å². The third-order valence-electron chi connectivity index (χ3n) is 5.98. The quantitative estimate of drug-likeness (QED) is 0.387. The predicted octanol–water partition coefficient (Wildman–Crippen LogP) is 4.57. The Bertz CT molecular complexity index is 1440. The van der Waals surface area contributed by atoms with Gasteiger partial charge < -0.3 is 0 Å². The van der Waals surface area contributed by atoms with Gasteiger partial charge in [-0.05, 0) is 41.7 Å². The molecule has 6 nitrogen and oxygen atoms in total. The summed E-state index contributed by atoms with van der Waals surface area (Å²) in [6.07, 6.45) is 8.91. The van der Waals surface area contributed by atoms with E-state index < -0.39 is 9.84 Å². The van der Waals surface area contributed by atoms with Gasteiger partial charge in [-0.1, -0.05) is 35.9 Å². The fourth-order valence-electron chi connectivity index (χ4n) is 4.14. The van der Waals surface area contributed by atoms with Gasteiger partial charge >= 0.3 is 0 Å². The summed E-state index contributed by atoms with van der Waals surface area (Å²) in [5.74, 6) is 0.0679. The van der Waals surface area contributed by atoms with Gasteiger partial charge in [0.1, 0.15) is 5.78 Å². The van der Waals surface area contributed by atoms with Crippen LogP contribution in [0.1, 0.15) is 29.2 Å². The molecule has 0 spiro atoms. The van der Waals surface area contributed by atoms with Crippen molar-refractivity contribution in [3.8, 4) is 0 Å². The number of ketones is 1. The molecule has 2 heterocycles. The van der Waals surface area contributed by atoms with E-state index in [4.69, 9.17) is 11.6 Å². The van der Waals surface area contributed by atoms with Gasteiger partial charge in [0.2, 0.25) is 0 Å². The Morgan fingerprint density at radius 2 is 1.82 bits per heavy atom. The number of pyridine rings is 1. The van der Waals surface area contributed by atoms with Crippen LogP contribution in [0, 0.1) is 5.92 Å². The molecule has 2 aromatic heterocycles. The van der Waals surface area contributed by atoms with Crippen LogP contribution in [-0.2, 0) is 26.8 Å². The lowest BCUT2D eigenvalue weighted by Gasteiger charge is -2.07.